The zero-order valence-corrected chi connectivity index (χ0v) is 20.9. The Labute approximate surface area is 211 Å². The molecule has 0 unspecified atom stereocenters. The Kier molecular flexibility index (Phi) is 6.75. The average molecular weight is 488 g/mol. The molecule has 5 rings (SSSR count). The molecule has 0 spiro atoms. The molecule has 2 aromatic carbocycles. The van der Waals surface area contributed by atoms with Crippen LogP contribution in [0.3, 0.4) is 0 Å². The maximum atomic E-state index is 12.3. The van der Waals surface area contributed by atoms with Crippen LogP contribution in [0.1, 0.15) is 28.8 Å². The van der Waals surface area contributed by atoms with Crippen molar-refractivity contribution in [3.05, 3.63) is 89.2 Å². The number of hydrogen-bond acceptors (Lipinski definition) is 4. The van der Waals surface area contributed by atoms with Crippen molar-refractivity contribution in [1.82, 2.24) is 19.4 Å². The van der Waals surface area contributed by atoms with Gasteiger partial charge in [-0.05, 0) is 66.9 Å². The molecule has 0 bridgehead atoms. The molecule has 1 fully saturated rings. The highest BCUT2D eigenvalue weighted by atomic mass is 35.5. The van der Waals surface area contributed by atoms with E-state index >= 15 is 0 Å². The maximum Gasteiger partial charge on any atom is 0.253 e. The van der Waals surface area contributed by atoms with Gasteiger partial charge in [0.2, 0.25) is 0 Å². The number of pyridine rings is 1. The Bertz CT molecular complexity index is 1310. The molecular formula is C28H30ClN5O. The van der Waals surface area contributed by atoms with Crippen molar-refractivity contribution in [2.45, 2.75) is 25.4 Å². The number of halogens is 1. The maximum absolute atomic E-state index is 12.3. The predicted molar refractivity (Wildman–Crippen MR) is 142 cm³/mol. The summed E-state index contributed by atoms with van der Waals surface area (Å²) in [5.74, 6) is 0.860. The number of piperidine rings is 1. The van der Waals surface area contributed by atoms with Crippen LogP contribution in [0.2, 0.25) is 5.02 Å². The summed E-state index contributed by atoms with van der Waals surface area (Å²) in [4.78, 5) is 21.1. The number of fused-ring (bicyclic) bond motifs is 1. The van der Waals surface area contributed by atoms with E-state index in [4.69, 9.17) is 16.6 Å². The van der Waals surface area contributed by atoms with E-state index in [1.54, 1.807) is 19.0 Å². The molecule has 180 valence electrons. The molecule has 1 saturated heterocycles. The van der Waals surface area contributed by atoms with Crippen molar-refractivity contribution in [3.8, 4) is 5.82 Å². The Hall–Kier alpha value is -3.35. The number of carbonyl (C=O) groups excluding carboxylic acids is 1. The predicted octanol–water partition coefficient (Wildman–Crippen LogP) is 5.46. The minimum Gasteiger partial charge on any atom is -0.381 e. The summed E-state index contributed by atoms with van der Waals surface area (Å²) in [5, 5.41) is 5.46. The van der Waals surface area contributed by atoms with Gasteiger partial charge in [-0.1, -0.05) is 23.7 Å². The van der Waals surface area contributed by atoms with Crippen LogP contribution in [0.5, 0.6) is 0 Å². The summed E-state index contributed by atoms with van der Waals surface area (Å²) in [5.41, 5.74) is 4.06. The Morgan fingerprint density at radius 2 is 1.83 bits per heavy atom. The first-order chi connectivity index (χ1) is 17.0. The standard InChI is InChI=1S/C28H30ClN5O/c1-32(2)28(35)22-5-9-26-21(17-22)11-16-34(26)27-10-8-25(18-30-27)31-24-12-14-33(15-13-24)19-20-3-6-23(29)7-4-20/h3-11,16-18,24,31H,12-15,19H2,1-2H3. The fraction of sp³-hybridized carbons (Fsp3) is 0.286. The van der Waals surface area contributed by atoms with Crippen LogP contribution < -0.4 is 5.32 Å². The molecule has 2 aromatic heterocycles. The van der Waals surface area contributed by atoms with E-state index in [1.807, 2.05) is 54.9 Å². The number of nitrogens with zero attached hydrogens (tertiary/aromatic N) is 4. The Morgan fingerprint density at radius 3 is 2.51 bits per heavy atom. The van der Waals surface area contributed by atoms with Crippen LogP contribution in [0, 0.1) is 0 Å². The van der Waals surface area contributed by atoms with Gasteiger partial charge in [0.1, 0.15) is 5.82 Å². The Morgan fingerprint density at radius 1 is 1.06 bits per heavy atom. The van der Waals surface area contributed by atoms with Crippen molar-refractivity contribution in [2.75, 3.05) is 32.5 Å². The molecule has 0 atom stereocenters. The van der Waals surface area contributed by atoms with Gasteiger partial charge >= 0.3 is 0 Å². The fourth-order valence-corrected chi connectivity index (χ4v) is 4.79. The van der Waals surface area contributed by atoms with Gasteiger partial charge in [-0.15, -0.1) is 0 Å². The van der Waals surface area contributed by atoms with Crippen molar-refractivity contribution in [3.63, 3.8) is 0 Å². The molecule has 1 aliphatic heterocycles. The van der Waals surface area contributed by atoms with Gasteiger partial charge in [0, 0.05) is 61.9 Å². The zero-order chi connectivity index (χ0) is 24.4. The molecule has 4 aromatic rings. The zero-order valence-electron chi connectivity index (χ0n) is 20.1. The van der Waals surface area contributed by atoms with E-state index in [0.717, 1.165) is 59.9 Å². The summed E-state index contributed by atoms with van der Waals surface area (Å²) in [6, 6.07) is 20.5. The molecule has 6 nitrogen and oxygen atoms in total. The largest absolute Gasteiger partial charge is 0.381 e. The quantitative estimate of drug-likeness (QED) is 0.392. The van der Waals surface area contributed by atoms with Crippen LogP contribution in [0.15, 0.2) is 73.1 Å². The summed E-state index contributed by atoms with van der Waals surface area (Å²) in [6.07, 6.45) is 6.11. The van der Waals surface area contributed by atoms with Gasteiger partial charge in [-0.25, -0.2) is 4.98 Å². The number of benzene rings is 2. The highest BCUT2D eigenvalue weighted by molar-refractivity contribution is 6.30. The molecule has 1 N–H and O–H groups in total. The third kappa shape index (κ3) is 5.34. The van der Waals surface area contributed by atoms with Gasteiger partial charge < -0.3 is 14.8 Å². The molecule has 0 aliphatic carbocycles. The van der Waals surface area contributed by atoms with Crippen molar-refractivity contribution in [1.29, 1.82) is 0 Å². The number of anilines is 1. The third-order valence-corrected chi connectivity index (χ3v) is 6.87. The lowest BCUT2D eigenvalue weighted by Crippen LogP contribution is -2.38. The number of hydrogen-bond donors (Lipinski definition) is 1. The molecule has 0 radical (unpaired) electrons. The molecular weight excluding hydrogens is 458 g/mol. The van der Waals surface area contributed by atoms with E-state index in [2.05, 4.69) is 33.0 Å². The number of carbonyl (C=O) groups is 1. The molecule has 3 heterocycles. The van der Waals surface area contributed by atoms with Crippen LogP contribution in [-0.2, 0) is 6.54 Å². The second-order valence-corrected chi connectivity index (χ2v) is 9.82. The van der Waals surface area contributed by atoms with Crippen LogP contribution in [-0.4, -0.2) is 58.5 Å². The van der Waals surface area contributed by atoms with Gasteiger partial charge in [0.15, 0.2) is 0 Å². The minimum atomic E-state index is 0.00372. The van der Waals surface area contributed by atoms with Crippen LogP contribution in [0.4, 0.5) is 5.69 Å². The van der Waals surface area contributed by atoms with Gasteiger partial charge in [-0.3, -0.25) is 9.69 Å². The Balaban J connectivity index is 1.19. The van der Waals surface area contributed by atoms with E-state index in [0.29, 0.717) is 11.6 Å². The number of aromatic nitrogens is 2. The van der Waals surface area contributed by atoms with Crippen LogP contribution in [0.25, 0.3) is 16.7 Å². The van der Waals surface area contributed by atoms with Gasteiger partial charge in [0.05, 0.1) is 17.4 Å². The molecule has 1 aliphatic rings. The van der Waals surface area contributed by atoms with E-state index in [-0.39, 0.29) is 5.91 Å². The summed E-state index contributed by atoms with van der Waals surface area (Å²) < 4.78 is 2.05. The highest BCUT2D eigenvalue weighted by Gasteiger charge is 2.19. The monoisotopic (exact) mass is 487 g/mol. The van der Waals surface area contributed by atoms with Crippen molar-refractivity contribution in [2.24, 2.45) is 0 Å². The topological polar surface area (TPSA) is 53.4 Å². The van der Waals surface area contributed by atoms with Crippen LogP contribution >= 0.6 is 11.6 Å². The average Bonchev–Trinajstić information content (AvgIpc) is 3.30. The SMILES string of the molecule is CN(C)C(=O)c1ccc2c(ccn2-c2ccc(NC3CCN(Cc4ccc(Cl)cc4)CC3)cn2)c1. The minimum absolute atomic E-state index is 0.00372. The lowest BCUT2D eigenvalue weighted by Gasteiger charge is -2.32. The number of nitrogens with one attached hydrogen (secondary N) is 1. The first-order valence-corrected chi connectivity index (χ1v) is 12.4. The van der Waals surface area contributed by atoms with Gasteiger partial charge in [-0.2, -0.15) is 0 Å². The lowest BCUT2D eigenvalue weighted by atomic mass is 10.0. The highest BCUT2D eigenvalue weighted by Crippen LogP contribution is 2.23. The lowest BCUT2D eigenvalue weighted by molar-refractivity contribution is 0.0828. The first-order valence-electron chi connectivity index (χ1n) is 12.0. The second-order valence-electron chi connectivity index (χ2n) is 9.39. The smallest absolute Gasteiger partial charge is 0.253 e. The van der Waals surface area contributed by atoms with E-state index in [1.165, 1.54) is 5.56 Å². The van der Waals surface area contributed by atoms with E-state index in [9.17, 15) is 4.79 Å². The molecule has 35 heavy (non-hydrogen) atoms. The number of likely N-dealkylation sites (tertiary alicyclic amines) is 1. The molecule has 0 saturated carbocycles. The van der Waals surface area contributed by atoms with E-state index < -0.39 is 0 Å². The third-order valence-electron chi connectivity index (χ3n) is 6.62. The summed E-state index contributed by atoms with van der Waals surface area (Å²) in [6.45, 7) is 3.11. The summed E-state index contributed by atoms with van der Waals surface area (Å²) >= 11 is 6.00. The number of amides is 1. The molecule has 7 heteroatoms. The van der Waals surface area contributed by atoms with Gasteiger partial charge in [0.25, 0.3) is 5.91 Å². The first kappa shape index (κ1) is 23.4. The fourth-order valence-electron chi connectivity index (χ4n) is 4.67. The summed E-state index contributed by atoms with van der Waals surface area (Å²) in [7, 11) is 3.53. The molecule has 1 amide bonds. The van der Waals surface area contributed by atoms with Crippen molar-refractivity contribution >= 4 is 34.1 Å². The van der Waals surface area contributed by atoms with Crippen molar-refractivity contribution < 1.29 is 4.79 Å². The second kappa shape index (κ2) is 10.1. The normalized spacial score (nSPS) is 14.8. The number of rotatable bonds is 6.